The van der Waals surface area contributed by atoms with Crippen molar-refractivity contribution in [1.29, 1.82) is 0 Å². The van der Waals surface area contributed by atoms with Gasteiger partial charge in [0, 0.05) is 20.1 Å². The minimum Gasteiger partial charge on any atom is -0.406 e. The lowest BCUT2D eigenvalue weighted by molar-refractivity contribution is -0.274. The predicted molar refractivity (Wildman–Crippen MR) is 78.4 cm³/mol. The number of ether oxygens (including phenoxy) is 1. The standard InChI is InChI=1S/C14H7Br2F3O2/c15-9-4-5-11(12(16)7-9)13(20)8-2-1-3-10(6-8)21-14(17,18)19/h1-7H. The zero-order valence-electron chi connectivity index (χ0n) is 10.2. The van der Waals surface area contributed by atoms with Crippen LogP contribution >= 0.6 is 31.9 Å². The van der Waals surface area contributed by atoms with E-state index < -0.39 is 17.9 Å². The molecule has 0 radical (unpaired) electrons. The first-order valence-electron chi connectivity index (χ1n) is 5.62. The highest BCUT2D eigenvalue weighted by Gasteiger charge is 2.31. The molecule has 0 aliphatic carbocycles. The van der Waals surface area contributed by atoms with Crippen molar-refractivity contribution < 1.29 is 22.7 Å². The topological polar surface area (TPSA) is 26.3 Å². The highest BCUT2D eigenvalue weighted by Crippen LogP contribution is 2.27. The fourth-order valence-corrected chi connectivity index (χ4v) is 2.89. The summed E-state index contributed by atoms with van der Waals surface area (Å²) >= 11 is 6.51. The van der Waals surface area contributed by atoms with Crippen molar-refractivity contribution in [3.05, 3.63) is 62.5 Å². The van der Waals surface area contributed by atoms with Gasteiger partial charge in [-0.25, -0.2) is 0 Å². The lowest BCUT2D eigenvalue weighted by Crippen LogP contribution is -2.17. The van der Waals surface area contributed by atoms with Crippen molar-refractivity contribution in [2.24, 2.45) is 0 Å². The van der Waals surface area contributed by atoms with Crippen molar-refractivity contribution in [3.63, 3.8) is 0 Å². The fourth-order valence-electron chi connectivity index (χ4n) is 1.66. The average Bonchev–Trinajstić information content (AvgIpc) is 2.36. The third-order valence-electron chi connectivity index (χ3n) is 2.51. The Hall–Kier alpha value is -1.34. The molecule has 0 aromatic heterocycles. The van der Waals surface area contributed by atoms with Crippen LogP contribution in [-0.2, 0) is 0 Å². The molecular weight excluding hydrogens is 417 g/mol. The molecule has 0 unspecified atom stereocenters. The largest absolute Gasteiger partial charge is 0.573 e. The van der Waals surface area contributed by atoms with Gasteiger partial charge in [-0.2, -0.15) is 0 Å². The van der Waals surface area contributed by atoms with Crippen molar-refractivity contribution in [2.45, 2.75) is 6.36 Å². The van der Waals surface area contributed by atoms with Gasteiger partial charge in [-0.3, -0.25) is 4.79 Å². The number of hydrogen-bond donors (Lipinski definition) is 0. The summed E-state index contributed by atoms with van der Waals surface area (Å²) in [5, 5.41) is 0. The molecule has 0 saturated carbocycles. The highest BCUT2D eigenvalue weighted by molar-refractivity contribution is 9.11. The number of halogens is 5. The van der Waals surface area contributed by atoms with E-state index in [2.05, 4.69) is 36.6 Å². The fraction of sp³-hybridized carbons (Fsp3) is 0.0714. The molecule has 0 amide bonds. The normalized spacial score (nSPS) is 11.3. The summed E-state index contributed by atoms with van der Waals surface area (Å²) in [5.41, 5.74) is 0.460. The summed E-state index contributed by atoms with van der Waals surface area (Å²) in [6, 6.07) is 9.90. The Morgan fingerprint density at radius 3 is 2.38 bits per heavy atom. The Balaban J connectivity index is 2.33. The Bertz CT molecular complexity index is 684. The third kappa shape index (κ3) is 4.31. The van der Waals surface area contributed by atoms with Gasteiger partial charge in [0.25, 0.3) is 0 Å². The van der Waals surface area contributed by atoms with Crippen LogP contribution in [0, 0.1) is 0 Å². The lowest BCUT2D eigenvalue weighted by Gasteiger charge is -2.10. The Morgan fingerprint density at radius 2 is 1.76 bits per heavy atom. The molecule has 0 saturated heterocycles. The van der Waals surface area contributed by atoms with Crippen molar-refractivity contribution in [3.8, 4) is 5.75 Å². The summed E-state index contributed by atoms with van der Waals surface area (Å²) in [4.78, 5) is 12.3. The van der Waals surface area contributed by atoms with E-state index in [0.717, 1.165) is 16.6 Å². The van der Waals surface area contributed by atoms with E-state index in [0.29, 0.717) is 10.0 Å². The maximum Gasteiger partial charge on any atom is 0.573 e. The van der Waals surface area contributed by atoms with Gasteiger partial charge in [0.15, 0.2) is 5.78 Å². The van der Waals surface area contributed by atoms with Gasteiger partial charge in [-0.15, -0.1) is 13.2 Å². The Kier molecular flexibility index (Phi) is 4.73. The van der Waals surface area contributed by atoms with E-state index in [1.54, 1.807) is 18.2 Å². The highest BCUT2D eigenvalue weighted by atomic mass is 79.9. The third-order valence-corrected chi connectivity index (χ3v) is 3.65. The van der Waals surface area contributed by atoms with Crippen LogP contribution in [0.2, 0.25) is 0 Å². The summed E-state index contributed by atoms with van der Waals surface area (Å²) < 4.78 is 41.7. The van der Waals surface area contributed by atoms with E-state index in [1.807, 2.05) is 0 Å². The maximum absolute atomic E-state index is 12.3. The second kappa shape index (κ2) is 6.19. The summed E-state index contributed by atoms with van der Waals surface area (Å²) in [7, 11) is 0. The molecule has 0 heterocycles. The van der Waals surface area contributed by atoms with E-state index >= 15 is 0 Å². The van der Waals surface area contributed by atoms with Crippen molar-refractivity contribution in [2.75, 3.05) is 0 Å². The van der Waals surface area contributed by atoms with E-state index in [9.17, 15) is 18.0 Å². The molecule has 2 aromatic carbocycles. The van der Waals surface area contributed by atoms with Gasteiger partial charge in [0.05, 0.1) is 0 Å². The van der Waals surface area contributed by atoms with E-state index in [4.69, 9.17) is 0 Å². The van der Waals surface area contributed by atoms with Gasteiger partial charge in [0.2, 0.25) is 0 Å². The van der Waals surface area contributed by atoms with Gasteiger partial charge >= 0.3 is 6.36 Å². The second-order valence-corrected chi connectivity index (χ2v) is 5.80. The molecular formula is C14H7Br2F3O2. The van der Waals surface area contributed by atoms with Crippen LogP contribution in [0.4, 0.5) is 13.2 Å². The number of ketones is 1. The molecule has 0 spiro atoms. The van der Waals surface area contributed by atoms with E-state index in [1.165, 1.54) is 12.1 Å². The molecule has 2 aromatic rings. The number of benzene rings is 2. The van der Waals surface area contributed by atoms with E-state index in [-0.39, 0.29) is 5.56 Å². The zero-order valence-corrected chi connectivity index (χ0v) is 13.4. The van der Waals surface area contributed by atoms with Crippen LogP contribution in [0.15, 0.2) is 51.4 Å². The molecule has 2 rings (SSSR count). The van der Waals surface area contributed by atoms with Crippen LogP contribution in [0.3, 0.4) is 0 Å². The maximum atomic E-state index is 12.3. The molecule has 7 heteroatoms. The molecule has 0 fully saturated rings. The zero-order chi connectivity index (χ0) is 15.6. The molecule has 0 aliphatic rings. The first kappa shape index (κ1) is 16.0. The average molecular weight is 424 g/mol. The quantitative estimate of drug-likeness (QED) is 0.622. The van der Waals surface area contributed by atoms with Crippen LogP contribution in [-0.4, -0.2) is 12.1 Å². The first-order valence-corrected chi connectivity index (χ1v) is 7.20. The predicted octanol–water partition coefficient (Wildman–Crippen LogP) is 5.34. The van der Waals surface area contributed by atoms with Gasteiger partial charge in [0.1, 0.15) is 5.75 Å². The first-order chi connectivity index (χ1) is 9.76. The lowest BCUT2D eigenvalue weighted by atomic mass is 10.0. The van der Waals surface area contributed by atoms with Crippen LogP contribution in [0.1, 0.15) is 15.9 Å². The number of alkyl halides is 3. The molecule has 0 N–H and O–H groups in total. The Labute approximate surface area is 135 Å². The number of hydrogen-bond acceptors (Lipinski definition) is 2. The molecule has 21 heavy (non-hydrogen) atoms. The monoisotopic (exact) mass is 422 g/mol. The van der Waals surface area contributed by atoms with Crippen molar-refractivity contribution >= 4 is 37.6 Å². The summed E-state index contributed by atoms with van der Waals surface area (Å²) in [5.74, 6) is -0.830. The molecule has 2 nitrogen and oxygen atoms in total. The smallest absolute Gasteiger partial charge is 0.406 e. The van der Waals surface area contributed by atoms with Gasteiger partial charge in [-0.05, 0) is 46.3 Å². The number of rotatable bonds is 3. The second-order valence-electron chi connectivity index (χ2n) is 4.03. The molecule has 0 aliphatic heterocycles. The minimum absolute atomic E-state index is 0.111. The van der Waals surface area contributed by atoms with Crippen LogP contribution in [0.5, 0.6) is 5.75 Å². The molecule has 0 atom stereocenters. The Morgan fingerprint density at radius 1 is 1.05 bits per heavy atom. The van der Waals surface area contributed by atoms with Crippen LogP contribution < -0.4 is 4.74 Å². The van der Waals surface area contributed by atoms with Gasteiger partial charge < -0.3 is 4.74 Å². The van der Waals surface area contributed by atoms with Crippen LogP contribution in [0.25, 0.3) is 0 Å². The SMILES string of the molecule is O=C(c1cccc(OC(F)(F)F)c1)c1ccc(Br)cc1Br. The summed E-state index contributed by atoms with van der Waals surface area (Å²) in [6.45, 7) is 0. The van der Waals surface area contributed by atoms with Crippen molar-refractivity contribution in [1.82, 2.24) is 0 Å². The number of carbonyl (C=O) groups is 1. The molecule has 0 bridgehead atoms. The minimum atomic E-state index is -4.79. The summed E-state index contributed by atoms with van der Waals surface area (Å²) in [6.07, 6.45) is -4.79. The van der Waals surface area contributed by atoms with Gasteiger partial charge in [-0.1, -0.05) is 28.1 Å². The number of carbonyl (C=O) groups excluding carboxylic acids is 1. The molecule has 110 valence electrons.